The molecule has 264 valence electrons. The van der Waals surface area contributed by atoms with Crippen LogP contribution in [0, 0.1) is 25.5 Å². The molecule has 1 aliphatic rings. The van der Waals surface area contributed by atoms with Gasteiger partial charge in [-0.15, -0.1) is 0 Å². The van der Waals surface area contributed by atoms with Gasteiger partial charge in [0.2, 0.25) is 0 Å². The molecule has 5 aromatic rings. The zero-order valence-corrected chi connectivity index (χ0v) is 28.8. The lowest BCUT2D eigenvalue weighted by molar-refractivity contribution is 0.0736. The van der Waals surface area contributed by atoms with Crippen LogP contribution < -0.4 is 21.3 Å². The molecule has 16 heteroatoms. The van der Waals surface area contributed by atoms with E-state index in [4.69, 9.17) is 11.6 Å². The van der Waals surface area contributed by atoms with Gasteiger partial charge in [-0.3, -0.25) is 19.3 Å². The molecule has 0 aliphatic carbocycles. The molecule has 0 radical (unpaired) electrons. The maximum absolute atomic E-state index is 15.6. The summed E-state index contributed by atoms with van der Waals surface area (Å²) in [4.78, 5) is 48.3. The zero-order chi connectivity index (χ0) is 36.2. The number of imidazole rings is 1. The number of aromatic nitrogens is 5. The van der Waals surface area contributed by atoms with Gasteiger partial charge in [-0.05, 0) is 50.2 Å². The van der Waals surface area contributed by atoms with Gasteiger partial charge in [-0.2, -0.15) is 5.10 Å². The Labute approximate surface area is 297 Å². The van der Waals surface area contributed by atoms with Crippen LogP contribution in [-0.2, 0) is 13.6 Å². The van der Waals surface area contributed by atoms with Crippen molar-refractivity contribution in [3.8, 4) is 22.4 Å². The van der Waals surface area contributed by atoms with E-state index >= 15 is 8.78 Å². The highest BCUT2D eigenvalue weighted by Gasteiger charge is 2.24. The van der Waals surface area contributed by atoms with Crippen LogP contribution in [-0.4, -0.2) is 79.8 Å². The maximum Gasteiger partial charge on any atom is 0.319 e. The maximum atomic E-state index is 15.6. The van der Waals surface area contributed by atoms with Crippen molar-refractivity contribution in [2.75, 3.05) is 43.4 Å². The van der Waals surface area contributed by atoms with E-state index in [-0.39, 0.29) is 46.7 Å². The predicted molar refractivity (Wildman–Crippen MR) is 189 cm³/mol. The van der Waals surface area contributed by atoms with Crippen molar-refractivity contribution in [1.82, 2.24) is 39.8 Å². The van der Waals surface area contributed by atoms with E-state index in [1.54, 1.807) is 53.2 Å². The van der Waals surface area contributed by atoms with E-state index in [2.05, 4.69) is 36.3 Å². The van der Waals surface area contributed by atoms with Crippen molar-refractivity contribution in [1.29, 1.82) is 0 Å². The van der Waals surface area contributed by atoms with Crippen molar-refractivity contribution >= 4 is 40.8 Å². The smallest absolute Gasteiger partial charge is 0.319 e. The number of hydrogen-bond acceptors (Lipinski definition) is 7. The molecule has 6 rings (SSSR count). The fourth-order valence-electron chi connectivity index (χ4n) is 5.72. The molecule has 0 spiro atoms. The second-order valence-electron chi connectivity index (χ2n) is 12.0. The number of carbonyl (C=O) groups excluding carboxylic acids is 3. The van der Waals surface area contributed by atoms with Gasteiger partial charge in [-0.25, -0.2) is 18.6 Å². The minimum Gasteiger partial charge on any atom is -0.336 e. The molecule has 0 bridgehead atoms. The molecule has 4 N–H and O–H groups in total. The number of halogens is 3. The van der Waals surface area contributed by atoms with E-state index in [1.165, 1.54) is 36.0 Å². The molecule has 4 amide bonds. The third-order valence-corrected chi connectivity index (χ3v) is 8.76. The molecule has 1 aliphatic heterocycles. The van der Waals surface area contributed by atoms with Crippen LogP contribution in [0.4, 0.5) is 25.0 Å². The molecule has 0 saturated carbocycles. The number of benzene rings is 2. The van der Waals surface area contributed by atoms with Crippen LogP contribution in [0.3, 0.4) is 0 Å². The van der Waals surface area contributed by atoms with Crippen LogP contribution in [0.5, 0.6) is 0 Å². The van der Waals surface area contributed by atoms with Gasteiger partial charge < -0.3 is 30.7 Å². The molecular weight excluding hydrogens is 682 g/mol. The molecule has 0 atom stereocenters. The third-order valence-electron chi connectivity index (χ3n) is 8.44. The minimum atomic E-state index is -1.12. The molecule has 1 fully saturated rings. The lowest BCUT2D eigenvalue weighted by atomic mass is 10.0. The first-order valence-corrected chi connectivity index (χ1v) is 16.5. The van der Waals surface area contributed by atoms with Gasteiger partial charge in [0.05, 0.1) is 46.6 Å². The summed E-state index contributed by atoms with van der Waals surface area (Å²) in [7, 11) is 1.52. The Morgan fingerprint density at radius 2 is 1.63 bits per heavy atom. The summed E-state index contributed by atoms with van der Waals surface area (Å²) >= 11 is 6.41. The molecular formula is C35H35ClF2N10O3. The van der Waals surface area contributed by atoms with Gasteiger partial charge in [0.1, 0.15) is 0 Å². The summed E-state index contributed by atoms with van der Waals surface area (Å²) in [6.45, 7) is 6.58. The number of hydrogen-bond donors (Lipinski definition) is 4. The SMILES string of the molecule is Cc1ccc(NC(=O)NCCn2cc(-c3ccc(-c4cnc(C(=O)Nc5ccc(C(=O)N6CCNCC6)c(Cl)c5)n4C)c(F)c3F)c(C)n2)cn1. The molecule has 3 aromatic heterocycles. The standard InChI is InChI=1S/C35H35ClF2N10O3/c1-20-4-5-23(17-41-20)44-35(51)40-12-15-48-19-27(21(2)45-48)24-8-9-26(31(38)30(24)37)29-18-42-32(46(29)3)33(49)43-22-6-7-25(28(36)16-22)34(50)47-13-10-39-11-14-47/h4-9,16-19,39H,10-15H2,1-3H3,(H,43,49)(H2,40,44,51). The lowest BCUT2D eigenvalue weighted by Gasteiger charge is -2.27. The lowest BCUT2D eigenvalue weighted by Crippen LogP contribution is -2.46. The normalized spacial score (nSPS) is 12.9. The Balaban J connectivity index is 1.11. The summed E-state index contributed by atoms with van der Waals surface area (Å²) < 4.78 is 34.1. The number of aryl methyl sites for hydroxylation is 2. The fourth-order valence-corrected chi connectivity index (χ4v) is 5.98. The molecule has 1 saturated heterocycles. The number of anilines is 2. The van der Waals surface area contributed by atoms with Crippen LogP contribution in [0.15, 0.2) is 61.1 Å². The van der Waals surface area contributed by atoms with E-state index < -0.39 is 23.6 Å². The topological polar surface area (TPSA) is 151 Å². The van der Waals surface area contributed by atoms with Crippen LogP contribution >= 0.6 is 11.6 Å². The zero-order valence-electron chi connectivity index (χ0n) is 28.1. The van der Waals surface area contributed by atoms with Gasteiger partial charge in [0, 0.05) is 74.0 Å². The number of rotatable bonds is 9. The van der Waals surface area contributed by atoms with E-state index in [0.717, 1.165) is 5.69 Å². The minimum absolute atomic E-state index is 0.00784. The Kier molecular flexibility index (Phi) is 10.4. The highest BCUT2D eigenvalue weighted by molar-refractivity contribution is 6.34. The highest BCUT2D eigenvalue weighted by Crippen LogP contribution is 2.33. The third kappa shape index (κ3) is 7.74. The second-order valence-corrected chi connectivity index (χ2v) is 12.4. The van der Waals surface area contributed by atoms with Crippen molar-refractivity contribution in [2.24, 2.45) is 7.05 Å². The summed E-state index contributed by atoms with van der Waals surface area (Å²) in [6.07, 6.45) is 4.43. The van der Waals surface area contributed by atoms with Crippen LogP contribution in [0.2, 0.25) is 5.02 Å². The van der Waals surface area contributed by atoms with Gasteiger partial charge in [0.15, 0.2) is 17.5 Å². The quantitative estimate of drug-likeness (QED) is 0.167. The highest BCUT2D eigenvalue weighted by atomic mass is 35.5. The Hall–Kier alpha value is -5.67. The Bertz CT molecular complexity index is 2110. The van der Waals surface area contributed by atoms with Crippen molar-refractivity contribution in [3.05, 3.63) is 100 Å². The number of piperazine rings is 1. The van der Waals surface area contributed by atoms with Crippen molar-refractivity contribution in [2.45, 2.75) is 20.4 Å². The first-order valence-electron chi connectivity index (χ1n) is 16.1. The summed E-state index contributed by atoms with van der Waals surface area (Å²) in [5.74, 6) is -3.06. The fraction of sp³-hybridized carbons (Fsp3) is 0.257. The largest absolute Gasteiger partial charge is 0.336 e. The van der Waals surface area contributed by atoms with Gasteiger partial charge >= 0.3 is 6.03 Å². The number of pyridine rings is 1. The Morgan fingerprint density at radius 1 is 0.902 bits per heavy atom. The average Bonchev–Trinajstić information content (AvgIpc) is 3.68. The van der Waals surface area contributed by atoms with E-state index in [0.29, 0.717) is 54.4 Å². The first-order chi connectivity index (χ1) is 24.5. The first kappa shape index (κ1) is 35.2. The summed E-state index contributed by atoms with van der Waals surface area (Å²) in [6, 6.07) is 10.6. The van der Waals surface area contributed by atoms with Gasteiger partial charge in [0.25, 0.3) is 11.8 Å². The number of amides is 4. The molecule has 2 aromatic carbocycles. The van der Waals surface area contributed by atoms with Crippen molar-refractivity contribution in [3.63, 3.8) is 0 Å². The van der Waals surface area contributed by atoms with E-state index in [9.17, 15) is 14.4 Å². The number of nitrogens with zero attached hydrogens (tertiary/aromatic N) is 6. The number of urea groups is 1. The number of carbonyl (C=O) groups is 3. The summed E-state index contributed by atoms with van der Waals surface area (Å²) in [5.41, 5.74) is 2.99. The van der Waals surface area contributed by atoms with Crippen LogP contribution in [0.25, 0.3) is 22.4 Å². The average molecular weight is 717 g/mol. The Morgan fingerprint density at radius 3 is 2.35 bits per heavy atom. The monoisotopic (exact) mass is 716 g/mol. The predicted octanol–water partition coefficient (Wildman–Crippen LogP) is 5.01. The molecule has 13 nitrogen and oxygen atoms in total. The molecule has 4 heterocycles. The second kappa shape index (κ2) is 15.1. The van der Waals surface area contributed by atoms with Crippen LogP contribution in [0.1, 0.15) is 32.4 Å². The molecule has 51 heavy (non-hydrogen) atoms. The summed E-state index contributed by atoms with van der Waals surface area (Å²) in [5, 5.41) is 15.9. The van der Waals surface area contributed by atoms with Crippen molar-refractivity contribution < 1.29 is 23.2 Å². The van der Waals surface area contributed by atoms with Gasteiger partial charge in [-0.1, -0.05) is 17.7 Å². The molecule has 0 unspecified atom stereocenters. The van der Waals surface area contributed by atoms with E-state index in [1.807, 2.05) is 6.92 Å². The number of nitrogens with one attached hydrogen (secondary N) is 4.